The predicted molar refractivity (Wildman–Crippen MR) is 140 cm³/mol. The monoisotopic (exact) mass is 508 g/mol. The first kappa shape index (κ1) is 27.4. The number of carbonyl (C=O) groups excluding carboxylic acids is 2. The minimum Gasteiger partial charge on any atom is -0.492 e. The minimum atomic E-state index is -0.568. The highest BCUT2D eigenvalue weighted by Gasteiger charge is 2.33. The van der Waals surface area contributed by atoms with E-state index in [1.807, 2.05) is 30.3 Å². The maximum absolute atomic E-state index is 12.7. The zero-order chi connectivity index (χ0) is 27.3. The maximum Gasteiger partial charge on any atom is 0.204 e. The van der Waals surface area contributed by atoms with E-state index in [-0.39, 0.29) is 34.6 Å². The van der Waals surface area contributed by atoms with Crippen LogP contribution in [0, 0.1) is 0 Å². The Morgan fingerprint density at radius 1 is 0.541 bits per heavy atom. The van der Waals surface area contributed by atoms with Crippen molar-refractivity contribution in [1.29, 1.82) is 0 Å². The molecule has 0 bridgehead atoms. The first-order valence-electron chi connectivity index (χ1n) is 11.5. The predicted octanol–water partition coefficient (Wildman–Crippen LogP) is 5.32. The lowest BCUT2D eigenvalue weighted by atomic mass is 9.81. The van der Waals surface area contributed by atoms with Crippen LogP contribution in [0.3, 0.4) is 0 Å². The zero-order valence-corrected chi connectivity index (χ0v) is 22.4. The molecule has 0 aliphatic carbocycles. The van der Waals surface area contributed by atoms with Crippen LogP contribution in [0.1, 0.15) is 57.2 Å². The van der Waals surface area contributed by atoms with Gasteiger partial charge in [0.15, 0.2) is 34.6 Å². The van der Waals surface area contributed by atoms with Crippen LogP contribution < -0.4 is 28.4 Å². The minimum absolute atomic E-state index is 0.213. The van der Waals surface area contributed by atoms with E-state index < -0.39 is 5.92 Å². The Morgan fingerprint density at radius 3 is 1.19 bits per heavy atom. The van der Waals surface area contributed by atoms with Crippen molar-refractivity contribution in [2.75, 3.05) is 42.7 Å². The van der Waals surface area contributed by atoms with Crippen LogP contribution in [0.2, 0.25) is 0 Å². The first-order chi connectivity index (χ1) is 17.8. The number of rotatable bonds is 11. The number of Topliss-reactive ketones (excluding diaryl/α,β-unsaturated/α-hetero) is 2. The van der Waals surface area contributed by atoms with Crippen molar-refractivity contribution in [3.05, 3.63) is 70.3 Å². The molecule has 0 heterocycles. The second kappa shape index (κ2) is 11.7. The summed E-state index contributed by atoms with van der Waals surface area (Å²) in [5.41, 5.74) is 2.71. The van der Waals surface area contributed by atoms with Crippen molar-refractivity contribution in [3.63, 3.8) is 0 Å². The van der Waals surface area contributed by atoms with Gasteiger partial charge in [-0.1, -0.05) is 30.3 Å². The SMILES string of the molecule is COc1c(C(C)=O)cc(C(c2ccccc2)c2cc(C(C)=O)c(OC)c(OC)c2OC)c(OC)c1OC. The average molecular weight is 509 g/mol. The molecule has 196 valence electrons. The van der Waals surface area contributed by atoms with Gasteiger partial charge >= 0.3 is 0 Å². The van der Waals surface area contributed by atoms with Gasteiger partial charge in [0.1, 0.15) is 0 Å². The molecule has 0 aliphatic rings. The molecule has 0 atom stereocenters. The molecule has 0 radical (unpaired) electrons. The van der Waals surface area contributed by atoms with Gasteiger partial charge in [0.05, 0.1) is 53.8 Å². The Morgan fingerprint density at radius 2 is 0.892 bits per heavy atom. The van der Waals surface area contributed by atoms with E-state index in [2.05, 4.69) is 0 Å². The van der Waals surface area contributed by atoms with Gasteiger partial charge in [-0.25, -0.2) is 0 Å². The summed E-state index contributed by atoms with van der Waals surface area (Å²) in [6.07, 6.45) is 0. The number of carbonyl (C=O) groups is 2. The third-order valence-electron chi connectivity index (χ3n) is 6.18. The molecule has 0 amide bonds. The zero-order valence-electron chi connectivity index (χ0n) is 22.4. The van der Waals surface area contributed by atoms with Gasteiger partial charge in [0, 0.05) is 17.0 Å². The number of ketones is 2. The second-order valence-corrected chi connectivity index (χ2v) is 8.18. The molecule has 0 saturated carbocycles. The van der Waals surface area contributed by atoms with Crippen LogP contribution in [0.4, 0.5) is 0 Å². The van der Waals surface area contributed by atoms with E-state index in [9.17, 15) is 9.59 Å². The molecule has 0 aliphatic heterocycles. The molecule has 37 heavy (non-hydrogen) atoms. The number of hydrogen-bond acceptors (Lipinski definition) is 8. The highest BCUT2D eigenvalue weighted by molar-refractivity contribution is 6.00. The molecule has 0 aromatic heterocycles. The highest BCUT2D eigenvalue weighted by Crippen LogP contribution is 2.53. The molecule has 0 unspecified atom stereocenters. The summed E-state index contributed by atoms with van der Waals surface area (Å²) in [5, 5.41) is 0. The normalized spacial score (nSPS) is 10.6. The fourth-order valence-corrected chi connectivity index (χ4v) is 4.61. The summed E-state index contributed by atoms with van der Waals surface area (Å²) in [6.45, 7) is 2.91. The van der Waals surface area contributed by atoms with Crippen LogP contribution in [-0.2, 0) is 0 Å². The van der Waals surface area contributed by atoms with E-state index >= 15 is 0 Å². The fraction of sp³-hybridized carbons (Fsp3) is 0.310. The van der Waals surface area contributed by atoms with Gasteiger partial charge in [0.2, 0.25) is 11.5 Å². The Kier molecular flexibility index (Phi) is 8.65. The Balaban J connectivity index is 2.57. The standard InChI is InChI=1S/C29H32O8/c1-16(30)19-14-21(26(34-5)28(36-7)24(19)32-3)23(18-12-10-9-11-13-18)22-15-20(17(2)31)25(33-4)29(37-8)27(22)35-6/h9-15,23H,1-8H3. The second-order valence-electron chi connectivity index (χ2n) is 8.18. The van der Waals surface area contributed by atoms with Crippen LogP contribution in [-0.4, -0.2) is 54.2 Å². The van der Waals surface area contributed by atoms with E-state index in [0.29, 0.717) is 33.8 Å². The summed E-state index contributed by atoms with van der Waals surface area (Å²) < 4.78 is 34.1. The molecule has 0 fully saturated rings. The lowest BCUT2D eigenvalue weighted by Crippen LogP contribution is -2.13. The number of methoxy groups -OCH3 is 6. The molecule has 8 heteroatoms. The van der Waals surface area contributed by atoms with Gasteiger partial charge < -0.3 is 28.4 Å². The van der Waals surface area contributed by atoms with Crippen LogP contribution in [0.15, 0.2) is 42.5 Å². The van der Waals surface area contributed by atoms with E-state index in [0.717, 1.165) is 5.56 Å². The summed E-state index contributed by atoms with van der Waals surface area (Å²) in [4.78, 5) is 25.4. The van der Waals surface area contributed by atoms with Gasteiger partial charge in [-0.15, -0.1) is 0 Å². The molecule has 3 aromatic carbocycles. The number of ether oxygens (including phenoxy) is 6. The van der Waals surface area contributed by atoms with Crippen molar-refractivity contribution < 1.29 is 38.0 Å². The smallest absolute Gasteiger partial charge is 0.204 e. The van der Waals surface area contributed by atoms with Gasteiger partial charge in [-0.05, 0) is 31.5 Å². The molecule has 0 spiro atoms. The molecule has 3 aromatic rings. The van der Waals surface area contributed by atoms with Crippen molar-refractivity contribution in [3.8, 4) is 34.5 Å². The molecule has 8 nitrogen and oxygen atoms in total. The van der Waals surface area contributed by atoms with Crippen molar-refractivity contribution in [2.45, 2.75) is 19.8 Å². The van der Waals surface area contributed by atoms with Gasteiger partial charge in [-0.3, -0.25) is 9.59 Å². The molecular formula is C29H32O8. The van der Waals surface area contributed by atoms with E-state index in [1.54, 1.807) is 12.1 Å². The Labute approximate surface area is 217 Å². The quantitative estimate of drug-likeness (QED) is 0.254. The highest BCUT2D eigenvalue weighted by atomic mass is 16.5. The summed E-state index contributed by atoms with van der Waals surface area (Å²) in [7, 11) is 8.93. The van der Waals surface area contributed by atoms with Crippen molar-refractivity contribution in [1.82, 2.24) is 0 Å². The fourth-order valence-electron chi connectivity index (χ4n) is 4.61. The Hall–Kier alpha value is -4.20. The number of benzene rings is 3. The van der Waals surface area contributed by atoms with Crippen LogP contribution in [0.25, 0.3) is 0 Å². The molecular weight excluding hydrogens is 476 g/mol. The first-order valence-corrected chi connectivity index (χ1v) is 11.5. The van der Waals surface area contributed by atoms with E-state index in [1.165, 1.54) is 56.5 Å². The largest absolute Gasteiger partial charge is 0.492 e. The van der Waals surface area contributed by atoms with Gasteiger partial charge in [-0.2, -0.15) is 0 Å². The molecule has 0 N–H and O–H groups in total. The van der Waals surface area contributed by atoms with Gasteiger partial charge in [0.25, 0.3) is 0 Å². The topological polar surface area (TPSA) is 89.5 Å². The summed E-state index contributed by atoms with van der Waals surface area (Å²) >= 11 is 0. The molecule has 3 rings (SSSR count). The Bertz CT molecular complexity index is 1220. The van der Waals surface area contributed by atoms with E-state index in [4.69, 9.17) is 28.4 Å². The summed E-state index contributed by atoms with van der Waals surface area (Å²) in [6, 6.07) is 13.0. The maximum atomic E-state index is 12.7. The van der Waals surface area contributed by atoms with Crippen LogP contribution >= 0.6 is 0 Å². The van der Waals surface area contributed by atoms with Crippen LogP contribution in [0.5, 0.6) is 34.5 Å². The molecule has 0 saturated heterocycles. The average Bonchev–Trinajstić information content (AvgIpc) is 2.91. The lowest BCUT2D eigenvalue weighted by molar-refractivity contribution is 0.100. The van der Waals surface area contributed by atoms with Crippen molar-refractivity contribution in [2.24, 2.45) is 0 Å². The third-order valence-corrected chi connectivity index (χ3v) is 6.18. The third kappa shape index (κ3) is 4.91. The number of hydrogen-bond donors (Lipinski definition) is 0. The van der Waals surface area contributed by atoms with Crippen molar-refractivity contribution >= 4 is 11.6 Å². The summed E-state index contributed by atoms with van der Waals surface area (Å²) in [5.74, 6) is 0.849. The lowest BCUT2D eigenvalue weighted by Gasteiger charge is -2.27.